The number of hydroxylamine groups is 2. The monoisotopic (exact) mass is 302 g/mol. The van der Waals surface area contributed by atoms with Crippen molar-refractivity contribution in [2.75, 3.05) is 19.6 Å². The Balaban J connectivity index is 1.64. The molecule has 0 unspecified atom stereocenters. The fraction of sp³-hybridized carbons (Fsp3) is 0.438. The van der Waals surface area contributed by atoms with Crippen molar-refractivity contribution in [3.8, 4) is 0 Å². The van der Waals surface area contributed by atoms with Crippen molar-refractivity contribution in [3.05, 3.63) is 35.4 Å². The topological polar surface area (TPSA) is 66.9 Å². The van der Waals surface area contributed by atoms with Gasteiger partial charge in [-0.05, 0) is 30.5 Å². The Morgan fingerprint density at radius 2 is 1.77 bits per heavy atom. The second kappa shape index (κ2) is 5.21. The number of amides is 2. The largest absolute Gasteiger partial charge is 0.347 e. The zero-order valence-electron chi connectivity index (χ0n) is 12.7. The maximum absolute atomic E-state index is 12.1. The molecule has 0 aliphatic carbocycles. The molecule has 2 aliphatic rings. The molecule has 1 saturated heterocycles. The minimum Gasteiger partial charge on any atom is -0.328 e. The first kappa shape index (κ1) is 14.7. The molecule has 22 heavy (non-hydrogen) atoms. The average Bonchev–Trinajstić information content (AvgIpc) is 2.92. The number of imide groups is 1. The van der Waals surface area contributed by atoms with E-state index in [0.717, 1.165) is 19.5 Å². The lowest BCUT2D eigenvalue weighted by molar-refractivity contribution is -0.169. The van der Waals surface area contributed by atoms with E-state index in [2.05, 4.69) is 13.8 Å². The van der Waals surface area contributed by atoms with Crippen LogP contribution in [0.5, 0.6) is 0 Å². The highest BCUT2D eigenvalue weighted by Gasteiger charge is 2.39. The maximum Gasteiger partial charge on any atom is 0.347 e. The van der Waals surface area contributed by atoms with Gasteiger partial charge in [0, 0.05) is 6.54 Å². The molecular weight excluding hydrogens is 284 g/mol. The van der Waals surface area contributed by atoms with Gasteiger partial charge >= 0.3 is 5.97 Å². The van der Waals surface area contributed by atoms with Crippen molar-refractivity contribution in [3.63, 3.8) is 0 Å². The van der Waals surface area contributed by atoms with Gasteiger partial charge < -0.3 is 4.84 Å². The molecule has 1 aromatic rings. The zero-order chi connectivity index (χ0) is 15.9. The van der Waals surface area contributed by atoms with Crippen LogP contribution in [0.15, 0.2) is 24.3 Å². The highest BCUT2D eigenvalue weighted by atomic mass is 16.7. The summed E-state index contributed by atoms with van der Waals surface area (Å²) in [5.41, 5.74) is 0.709. The maximum atomic E-state index is 12.1. The second-order valence-electron chi connectivity index (χ2n) is 6.54. The predicted molar refractivity (Wildman–Crippen MR) is 77.9 cm³/mol. The van der Waals surface area contributed by atoms with Crippen LogP contribution in [0.25, 0.3) is 0 Å². The highest BCUT2D eigenvalue weighted by molar-refractivity contribution is 6.20. The SMILES string of the molecule is CC1(C)CCN(CC(=O)ON2C(=O)c3ccccc3C2=O)C1. The van der Waals surface area contributed by atoms with Gasteiger partial charge in [-0.3, -0.25) is 14.5 Å². The fourth-order valence-electron chi connectivity index (χ4n) is 2.92. The quantitative estimate of drug-likeness (QED) is 0.791. The summed E-state index contributed by atoms with van der Waals surface area (Å²) in [4.78, 5) is 43.2. The van der Waals surface area contributed by atoms with Crippen molar-refractivity contribution in [2.24, 2.45) is 5.41 Å². The average molecular weight is 302 g/mol. The van der Waals surface area contributed by atoms with Gasteiger partial charge in [-0.2, -0.15) is 0 Å². The third-order valence-corrected chi connectivity index (χ3v) is 4.06. The summed E-state index contributed by atoms with van der Waals surface area (Å²) in [6.07, 6.45) is 1.01. The van der Waals surface area contributed by atoms with E-state index in [4.69, 9.17) is 4.84 Å². The van der Waals surface area contributed by atoms with Gasteiger partial charge in [0.25, 0.3) is 11.8 Å². The number of benzene rings is 1. The van der Waals surface area contributed by atoms with Crippen molar-refractivity contribution in [1.29, 1.82) is 0 Å². The smallest absolute Gasteiger partial charge is 0.328 e. The molecule has 116 valence electrons. The number of carbonyl (C=O) groups is 3. The van der Waals surface area contributed by atoms with Crippen LogP contribution >= 0.6 is 0 Å². The Bertz CT molecular complexity index is 618. The van der Waals surface area contributed by atoms with Crippen LogP contribution in [-0.4, -0.2) is 47.4 Å². The molecule has 0 N–H and O–H groups in total. The molecule has 2 heterocycles. The summed E-state index contributed by atoms with van der Waals surface area (Å²) in [5.74, 6) is -1.77. The molecule has 0 atom stereocenters. The Morgan fingerprint density at radius 1 is 1.18 bits per heavy atom. The molecule has 6 nitrogen and oxygen atoms in total. The Kier molecular flexibility index (Phi) is 3.48. The Morgan fingerprint density at radius 3 is 2.27 bits per heavy atom. The van der Waals surface area contributed by atoms with Crippen molar-refractivity contribution in [1.82, 2.24) is 9.96 Å². The van der Waals surface area contributed by atoms with E-state index in [1.54, 1.807) is 24.3 Å². The normalized spacial score (nSPS) is 20.4. The first-order valence-electron chi connectivity index (χ1n) is 7.28. The first-order chi connectivity index (χ1) is 10.4. The van der Waals surface area contributed by atoms with Gasteiger partial charge in [-0.15, -0.1) is 0 Å². The van der Waals surface area contributed by atoms with Gasteiger partial charge in [0.2, 0.25) is 0 Å². The minimum absolute atomic E-state index is 0.0802. The molecule has 2 amide bonds. The number of likely N-dealkylation sites (tertiary alicyclic amines) is 1. The molecule has 0 aromatic heterocycles. The molecule has 2 aliphatic heterocycles. The molecule has 1 aromatic carbocycles. The van der Waals surface area contributed by atoms with Crippen molar-refractivity contribution in [2.45, 2.75) is 20.3 Å². The molecule has 0 bridgehead atoms. The Labute approximate surface area is 128 Å². The lowest BCUT2D eigenvalue weighted by Gasteiger charge is -2.19. The van der Waals surface area contributed by atoms with Gasteiger partial charge in [-0.1, -0.05) is 31.0 Å². The van der Waals surface area contributed by atoms with E-state index in [9.17, 15) is 14.4 Å². The standard InChI is InChI=1S/C16H18N2O4/c1-16(2)7-8-17(10-16)9-13(19)22-18-14(20)11-5-3-4-6-12(11)15(18)21/h3-6H,7-10H2,1-2H3. The lowest BCUT2D eigenvalue weighted by atomic mass is 9.93. The summed E-state index contributed by atoms with van der Waals surface area (Å²) < 4.78 is 0. The summed E-state index contributed by atoms with van der Waals surface area (Å²) in [6.45, 7) is 5.97. The Hall–Kier alpha value is -2.21. The number of fused-ring (bicyclic) bond motifs is 1. The van der Waals surface area contributed by atoms with Gasteiger partial charge in [0.15, 0.2) is 0 Å². The van der Waals surface area contributed by atoms with Crippen LogP contribution < -0.4 is 0 Å². The van der Waals surface area contributed by atoms with E-state index < -0.39 is 17.8 Å². The number of nitrogens with zero attached hydrogens (tertiary/aromatic N) is 2. The van der Waals surface area contributed by atoms with Gasteiger partial charge in [-0.25, -0.2) is 4.79 Å². The fourth-order valence-corrected chi connectivity index (χ4v) is 2.92. The van der Waals surface area contributed by atoms with Crippen LogP contribution in [-0.2, 0) is 9.63 Å². The third-order valence-electron chi connectivity index (χ3n) is 4.06. The molecule has 3 rings (SSSR count). The first-order valence-corrected chi connectivity index (χ1v) is 7.28. The summed E-state index contributed by atoms with van der Waals surface area (Å²) in [5, 5.41) is 0.564. The predicted octanol–water partition coefficient (Wildman–Crippen LogP) is 1.47. The number of carbonyl (C=O) groups excluding carboxylic acids is 3. The highest BCUT2D eigenvalue weighted by Crippen LogP contribution is 2.28. The molecule has 0 saturated carbocycles. The summed E-state index contributed by atoms with van der Waals surface area (Å²) in [6, 6.07) is 6.43. The minimum atomic E-state index is -0.591. The van der Waals surface area contributed by atoms with Crippen LogP contribution in [0, 0.1) is 5.41 Å². The molecular formula is C16H18N2O4. The molecule has 0 spiro atoms. The molecule has 6 heteroatoms. The van der Waals surface area contributed by atoms with Crippen LogP contribution in [0.3, 0.4) is 0 Å². The van der Waals surface area contributed by atoms with E-state index in [1.807, 2.05) is 4.90 Å². The van der Waals surface area contributed by atoms with Gasteiger partial charge in [0.1, 0.15) is 0 Å². The lowest BCUT2D eigenvalue weighted by Crippen LogP contribution is -2.37. The summed E-state index contributed by atoms with van der Waals surface area (Å²) >= 11 is 0. The zero-order valence-corrected chi connectivity index (χ0v) is 12.7. The molecule has 0 radical (unpaired) electrons. The second-order valence-corrected chi connectivity index (χ2v) is 6.54. The van der Waals surface area contributed by atoms with Crippen molar-refractivity contribution < 1.29 is 19.2 Å². The third kappa shape index (κ3) is 2.62. The van der Waals surface area contributed by atoms with Crippen LogP contribution in [0.4, 0.5) is 0 Å². The van der Waals surface area contributed by atoms with E-state index in [0.29, 0.717) is 5.06 Å². The van der Waals surface area contributed by atoms with Crippen molar-refractivity contribution >= 4 is 17.8 Å². The van der Waals surface area contributed by atoms with Crippen LogP contribution in [0.1, 0.15) is 41.0 Å². The van der Waals surface area contributed by atoms with Crippen LogP contribution in [0.2, 0.25) is 0 Å². The summed E-state index contributed by atoms with van der Waals surface area (Å²) in [7, 11) is 0. The van der Waals surface area contributed by atoms with E-state index >= 15 is 0 Å². The number of rotatable bonds is 3. The molecule has 1 fully saturated rings. The van der Waals surface area contributed by atoms with E-state index in [1.165, 1.54) is 0 Å². The number of hydrogen-bond acceptors (Lipinski definition) is 5. The number of hydrogen-bond donors (Lipinski definition) is 0. The van der Waals surface area contributed by atoms with E-state index in [-0.39, 0.29) is 23.1 Å². The van der Waals surface area contributed by atoms with Gasteiger partial charge in [0.05, 0.1) is 17.7 Å².